The molecule has 0 atom stereocenters. The first kappa shape index (κ1) is 13.0. The van der Waals surface area contributed by atoms with E-state index in [1.165, 1.54) is 28.0 Å². The summed E-state index contributed by atoms with van der Waals surface area (Å²) >= 11 is 0. The van der Waals surface area contributed by atoms with Crippen LogP contribution in [0.3, 0.4) is 0 Å². The molecule has 0 fully saturated rings. The molecule has 20 heavy (non-hydrogen) atoms. The van der Waals surface area contributed by atoms with Gasteiger partial charge in [0.1, 0.15) is 0 Å². The van der Waals surface area contributed by atoms with E-state index in [1.54, 1.807) is 0 Å². The summed E-state index contributed by atoms with van der Waals surface area (Å²) in [6, 6.07) is 13.0. The zero-order valence-electron chi connectivity index (χ0n) is 12.4. The molecular weight excluding hydrogens is 246 g/mol. The van der Waals surface area contributed by atoms with Crippen molar-refractivity contribution >= 4 is 10.9 Å². The lowest BCUT2D eigenvalue weighted by molar-refractivity contribution is 0.596. The van der Waals surface area contributed by atoms with Crippen molar-refractivity contribution in [2.45, 2.75) is 40.3 Å². The van der Waals surface area contributed by atoms with E-state index in [9.17, 15) is 0 Å². The SMILES string of the molecule is CCc1cc(Cn2c(C)cc3ccccc32)n(CC)n1. The van der Waals surface area contributed by atoms with Crippen LogP contribution in [-0.2, 0) is 19.5 Å². The number of rotatable bonds is 4. The molecule has 2 aromatic heterocycles. The Kier molecular flexibility index (Phi) is 3.35. The topological polar surface area (TPSA) is 22.8 Å². The standard InChI is InChI=1S/C17H21N3/c1-4-15-11-16(20(5-2)18-15)12-19-13(3)10-14-8-6-7-9-17(14)19/h6-11H,4-5,12H2,1-3H3. The number of aryl methyl sites for hydroxylation is 3. The lowest BCUT2D eigenvalue weighted by atomic mass is 10.2. The predicted octanol–water partition coefficient (Wildman–Crippen LogP) is 3.78. The highest BCUT2D eigenvalue weighted by molar-refractivity contribution is 5.81. The summed E-state index contributed by atoms with van der Waals surface area (Å²) in [6.07, 6.45) is 0.991. The van der Waals surface area contributed by atoms with Crippen LogP contribution in [0.1, 0.15) is 30.9 Å². The largest absolute Gasteiger partial charge is 0.339 e. The second kappa shape index (κ2) is 5.16. The molecule has 0 radical (unpaired) electrons. The van der Waals surface area contributed by atoms with Crippen molar-refractivity contribution in [2.24, 2.45) is 0 Å². The van der Waals surface area contributed by atoms with Gasteiger partial charge in [-0.15, -0.1) is 0 Å². The molecule has 3 rings (SSSR count). The maximum absolute atomic E-state index is 4.64. The molecule has 1 aromatic carbocycles. The first-order chi connectivity index (χ1) is 9.72. The number of para-hydroxylation sites is 1. The van der Waals surface area contributed by atoms with Crippen molar-refractivity contribution in [2.75, 3.05) is 0 Å². The molecule has 2 heterocycles. The summed E-state index contributed by atoms with van der Waals surface area (Å²) < 4.78 is 4.49. The molecule has 3 heteroatoms. The van der Waals surface area contributed by atoms with Gasteiger partial charge in [-0.05, 0) is 43.9 Å². The number of nitrogens with zero attached hydrogens (tertiary/aromatic N) is 3. The van der Waals surface area contributed by atoms with Gasteiger partial charge in [0.15, 0.2) is 0 Å². The quantitative estimate of drug-likeness (QED) is 0.705. The second-order valence-electron chi connectivity index (χ2n) is 5.23. The lowest BCUT2D eigenvalue weighted by Crippen LogP contribution is -2.08. The number of fused-ring (bicyclic) bond motifs is 1. The van der Waals surface area contributed by atoms with Gasteiger partial charge >= 0.3 is 0 Å². The van der Waals surface area contributed by atoms with Gasteiger partial charge in [0.2, 0.25) is 0 Å². The van der Waals surface area contributed by atoms with Crippen molar-refractivity contribution in [3.63, 3.8) is 0 Å². The van der Waals surface area contributed by atoms with Gasteiger partial charge in [0.25, 0.3) is 0 Å². The summed E-state index contributed by atoms with van der Waals surface area (Å²) in [5.74, 6) is 0. The molecule has 0 aliphatic rings. The fourth-order valence-corrected chi connectivity index (χ4v) is 2.81. The number of hydrogen-bond acceptors (Lipinski definition) is 1. The molecule has 0 aliphatic carbocycles. The predicted molar refractivity (Wildman–Crippen MR) is 83.1 cm³/mol. The van der Waals surface area contributed by atoms with Gasteiger partial charge in [-0.1, -0.05) is 25.1 Å². The Labute approximate surface area is 119 Å². The van der Waals surface area contributed by atoms with E-state index in [0.717, 1.165) is 19.5 Å². The fourth-order valence-electron chi connectivity index (χ4n) is 2.81. The third-order valence-electron chi connectivity index (χ3n) is 3.91. The highest BCUT2D eigenvalue weighted by Crippen LogP contribution is 2.21. The van der Waals surface area contributed by atoms with Gasteiger partial charge in [-0.3, -0.25) is 4.68 Å². The minimum absolute atomic E-state index is 0.889. The first-order valence-electron chi connectivity index (χ1n) is 7.33. The number of aromatic nitrogens is 3. The van der Waals surface area contributed by atoms with Crippen molar-refractivity contribution in [3.05, 3.63) is 53.5 Å². The van der Waals surface area contributed by atoms with Crippen LogP contribution in [-0.4, -0.2) is 14.3 Å². The maximum atomic E-state index is 4.64. The molecule has 0 unspecified atom stereocenters. The molecular formula is C17H21N3. The van der Waals surface area contributed by atoms with Crippen LogP contribution in [0.2, 0.25) is 0 Å². The van der Waals surface area contributed by atoms with Crippen molar-refractivity contribution in [1.82, 2.24) is 14.3 Å². The minimum atomic E-state index is 0.889. The minimum Gasteiger partial charge on any atom is -0.339 e. The van der Waals surface area contributed by atoms with Crippen LogP contribution >= 0.6 is 0 Å². The Hall–Kier alpha value is -2.03. The molecule has 3 nitrogen and oxygen atoms in total. The van der Waals surface area contributed by atoms with Crippen molar-refractivity contribution < 1.29 is 0 Å². The summed E-state index contributed by atoms with van der Waals surface area (Å²) in [7, 11) is 0. The Morgan fingerprint density at radius 3 is 2.65 bits per heavy atom. The van der Waals surface area contributed by atoms with Crippen LogP contribution in [0.15, 0.2) is 36.4 Å². The van der Waals surface area contributed by atoms with Crippen LogP contribution in [0.4, 0.5) is 0 Å². The Balaban J connectivity index is 2.05. The lowest BCUT2D eigenvalue weighted by Gasteiger charge is -2.09. The molecule has 0 bridgehead atoms. The number of hydrogen-bond donors (Lipinski definition) is 0. The van der Waals surface area contributed by atoms with Gasteiger partial charge < -0.3 is 4.57 Å². The second-order valence-corrected chi connectivity index (χ2v) is 5.23. The molecule has 0 N–H and O–H groups in total. The van der Waals surface area contributed by atoms with Gasteiger partial charge in [-0.2, -0.15) is 5.10 Å². The smallest absolute Gasteiger partial charge is 0.0648 e. The highest BCUT2D eigenvalue weighted by atomic mass is 15.3. The van der Waals surface area contributed by atoms with Crippen molar-refractivity contribution in [3.8, 4) is 0 Å². The van der Waals surface area contributed by atoms with E-state index >= 15 is 0 Å². The van der Waals surface area contributed by atoms with E-state index in [1.807, 2.05) is 0 Å². The van der Waals surface area contributed by atoms with E-state index in [-0.39, 0.29) is 0 Å². The third kappa shape index (κ3) is 2.13. The van der Waals surface area contributed by atoms with E-state index in [4.69, 9.17) is 0 Å². The molecule has 0 spiro atoms. The molecule has 3 aromatic rings. The molecule has 0 saturated heterocycles. The molecule has 0 aliphatic heterocycles. The van der Waals surface area contributed by atoms with Crippen LogP contribution in [0.25, 0.3) is 10.9 Å². The van der Waals surface area contributed by atoms with Gasteiger partial charge in [-0.25, -0.2) is 0 Å². The average Bonchev–Trinajstić information content (AvgIpc) is 3.01. The normalized spacial score (nSPS) is 11.3. The van der Waals surface area contributed by atoms with Crippen molar-refractivity contribution in [1.29, 1.82) is 0 Å². The number of benzene rings is 1. The zero-order valence-corrected chi connectivity index (χ0v) is 12.4. The summed E-state index contributed by atoms with van der Waals surface area (Å²) in [5.41, 5.74) is 5.06. The van der Waals surface area contributed by atoms with Gasteiger partial charge in [0.05, 0.1) is 17.9 Å². The van der Waals surface area contributed by atoms with E-state index in [2.05, 4.69) is 71.5 Å². The molecule has 0 saturated carbocycles. The van der Waals surface area contributed by atoms with Crippen LogP contribution in [0, 0.1) is 6.92 Å². The molecule has 0 amide bonds. The zero-order chi connectivity index (χ0) is 14.1. The Morgan fingerprint density at radius 2 is 1.90 bits per heavy atom. The molecule has 104 valence electrons. The maximum Gasteiger partial charge on any atom is 0.0648 e. The summed E-state index contributed by atoms with van der Waals surface area (Å²) in [4.78, 5) is 0. The van der Waals surface area contributed by atoms with Gasteiger partial charge in [0, 0.05) is 17.8 Å². The summed E-state index contributed by atoms with van der Waals surface area (Å²) in [6.45, 7) is 8.29. The van der Waals surface area contributed by atoms with Crippen LogP contribution in [0.5, 0.6) is 0 Å². The monoisotopic (exact) mass is 267 g/mol. The van der Waals surface area contributed by atoms with E-state index in [0.29, 0.717) is 0 Å². The van der Waals surface area contributed by atoms with E-state index < -0.39 is 0 Å². The highest BCUT2D eigenvalue weighted by Gasteiger charge is 2.10. The Bertz CT molecular complexity index is 734. The third-order valence-corrected chi connectivity index (χ3v) is 3.91. The fraction of sp³-hybridized carbons (Fsp3) is 0.353. The van der Waals surface area contributed by atoms with Crippen LogP contribution < -0.4 is 0 Å². The first-order valence-corrected chi connectivity index (χ1v) is 7.33. The Morgan fingerprint density at radius 1 is 1.10 bits per heavy atom. The average molecular weight is 267 g/mol. The summed E-state index contributed by atoms with van der Waals surface area (Å²) in [5, 5.41) is 5.95.